The molecule has 0 aromatic carbocycles. The summed E-state index contributed by atoms with van der Waals surface area (Å²) in [4.78, 5) is 0. The van der Waals surface area contributed by atoms with Crippen LogP contribution in [0.15, 0.2) is 48.7 Å². The van der Waals surface area contributed by atoms with Crippen LogP contribution in [0.2, 0.25) is 123 Å². The zero-order chi connectivity index (χ0) is 39.1. The molecule has 5 aliphatic rings. The van der Waals surface area contributed by atoms with E-state index in [1.807, 2.05) is 5.70 Å². The molecule has 0 amide bonds. The summed E-state index contributed by atoms with van der Waals surface area (Å²) >= 11 is 0. The van der Waals surface area contributed by atoms with E-state index in [1.54, 1.807) is 0 Å². The van der Waals surface area contributed by atoms with Gasteiger partial charge in [0.1, 0.15) is 0 Å². The van der Waals surface area contributed by atoms with Crippen LogP contribution in [0.25, 0.3) is 0 Å². The van der Waals surface area contributed by atoms with E-state index in [0.717, 1.165) is 29.6 Å². The summed E-state index contributed by atoms with van der Waals surface area (Å²) < 4.78 is 39.6. The molecule has 0 spiro atoms. The minimum atomic E-state index is -2.73. The quantitative estimate of drug-likeness (QED) is 0.128. The fourth-order valence-electron chi connectivity index (χ4n) is 8.20. The fraction of sp³-hybridized carbons (Fsp3) is 0.784. The van der Waals surface area contributed by atoms with Gasteiger partial charge >= 0.3 is 17.6 Å². The Labute approximate surface area is 323 Å². The highest BCUT2D eigenvalue weighted by atomic mass is 28.5. The van der Waals surface area contributed by atoms with Gasteiger partial charge in [-0.05, 0) is 185 Å². The van der Waals surface area contributed by atoms with Crippen LogP contribution in [0.4, 0.5) is 0 Å². The summed E-state index contributed by atoms with van der Waals surface area (Å²) in [5, 5.41) is 0. The Hall–Kier alpha value is 0.455. The Morgan fingerprint density at radius 1 is 0.471 bits per heavy atom. The predicted octanol–water partition coefficient (Wildman–Crippen LogP) is 12.0. The van der Waals surface area contributed by atoms with Gasteiger partial charge in [0.25, 0.3) is 0 Å². The first-order valence-corrected chi connectivity index (χ1v) is 43.8. The number of rotatable bonds is 14. The lowest BCUT2D eigenvalue weighted by molar-refractivity contribution is 0.226. The van der Waals surface area contributed by atoms with Gasteiger partial charge in [-0.15, -0.1) is 6.58 Å². The predicted molar refractivity (Wildman–Crippen MR) is 239 cm³/mol. The molecule has 0 aromatic rings. The maximum absolute atomic E-state index is 6.88. The van der Waals surface area contributed by atoms with Gasteiger partial charge in [0, 0.05) is 5.54 Å². The topological polar surface area (TPSA) is 55.4 Å². The van der Waals surface area contributed by atoms with Gasteiger partial charge < -0.3 is 24.7 Å². The molecule has 7 atom stereocenters. The Morgan fingerprint density at radius 2 is 0.882 bits per heavy atom. The van der Waals surface area contributed by atoms with Crippen LogP contribution in [-0.4, -0.2) is 67.5 Å². The second-order valence-corrected chi connectivity index (χ2v) is 55.2. The van der Waals surface area contributed by atoms with Crippen LogP contribution < -0.4 is 0 Å². The average Bonchev–Trinajstić information content (AvgIpc) is 3.69. The van der Waals surface area contributed by atoms with Crippen molar-refractivity contribution in [2.24, 2.45) is 35.5 Å². The molecular formula is C37H78O6Si8. The lowest BCUT2D eigenvalue weighted by Crippen LogP contribution is -2.63. The van der Waals surface area contributed by atoms with Gasteiger partial charge in [-0.2, -0.15) is 0 Å². The minimum absolute atomic E-state index is 0.475. The molecule has 0 radical (unpaired) electrons. The van der Waals surface area contributed by atoms with Gasteiger partial charge in [0.15, 0.2) is 49.9 Å². The van der Waals surface area contributed by atoms with Gasteiger partial charge in [-0.25, -0.2) is 0 Å². The maximum atomic E-state index is 6.88. The molecule has 5 rings (SSSR count). The molecule has 14 heteroatoms. The number of hydrogen-bond acceptors (Lipinski definition) is 6. The van der Waals surface area contributed by atoms with Crippen LogP contribution in [0, 0.1) is 35.5 Å². The van der Waals surface area contributed by atoms with Crippen LogP contribution in [0.3, 0.4) is 0 Å². The van der Waals surface area contributed by atoms with Gasteiger partial charge in [0.2, 0.25) is 0 Å². The zero-order valence-electron chi connectivity index (χ0n) is 36.1. The lowest BCUT2D eigenvalue weighted by atomic mass is 9.86. The van der Waals surface area contributed by atoms with Gasteiger partial charge in [-0.3, -0.25) is 0 Å². The summed E-state index contributed by atoms with van der Waals surface area (Å²) in [6, 6.07) is 0. The molecule has 5 aliphatic carbocycles. The van der Waals surface area contributed by atoms with E-state index >= 15 is 0 Å². The SMILES string of the molecule is C1=CC2C3C=CC(C3)C2C1.C=C[Si](O[Si](C)(C)C)(O[Si](C)(C)C)O[Si](C)(C)C.C[Si](C)(C)O[Si](O[Si](C)(C)C)(O[Si](C)(C)C)C1CC2C=CC1C2. The summed E-state index contributed by atoms with van der Waals surface area (Å²) in [6.07, 6.45) is 19.8. The van der Waals surface area contributed by atoms with E-state index in [9.17, 15) is 0 Å². The smallest absolute Gasteiger partial charge is 0.417 e. The molecule has 294 valence electrons. The van der Waals surface area contributed by atoms with Crippen LogP contribution in [-0.2, 0) is 24.7 Å². The van der Waals surface area contributed by atoms with Crippen molar-refractivity contribution in [1.29, 1.82) is 0 Å². The van der Waals surface area contributed by atoms with E-state index in [-0.39, 0.29) is 0 Å². The Kier molecular flexibility index (Phi) is 14.8. The van der Waals surface area contributed by atoms with Crippen molar-refractivity contribution in [1.82, 2.24) is 0 Å². The average molecular weight is 844 g/mol. The molecule has 0 aromatic heterocycles. The molecule has 2 saturated carbocycles. The summed E-state index contributed by atoms with van der Waals surface area (Å²) in [7, 11) is -15.9. The van der Waals surface area contributed by atoms with E-state index in [4.69, 9.17) is 24.7 Å². The van der Waals surface area contributed by atoms with Crippen molar-refractivity contribution in [3.63, 3.8) is 0 Å². The molecule has 7 unspecified atom stereocenters. The minimum Gasteiger partial charge on any atom is -0.417 e. The molecule has 2 fully saturated rings. The summed E-state index contributed by atoms with van der Waals surface area (Å²) in [6.45, 7) is 43.9. The monoisotopic (exact) mass is 842 g/mol. The Bertz CT molecular complexity index is 1180. The Morgan fingerprint density at radius 3 is 1.22 bits per heavy atom. The molecule has 51 heavy (non-hydrogen) atoms. The van der Waals surface area contributed by atoms with E-state index < -0.39 is 67.5 Å². The zero-order valence-corrected chi connectivity index (χ0v) is 44.1. The number of hydrogen-bond donors (Lipinski definition) is 0. The molecule has 6 nitrogen and oxygen atoms in total. The van der Waals surface area contributed by atoms with Crippen LogP contribution in [0.5, 0.6) is 0 Å². The second-order valence-electron chi connectivity index (χ2n) is 21.4. The third kappa shape index (κ3) is 14.8. The molecular weight excluding hydrogens is 765 g/mol. The van der Waals surface area contributed by atoms with E-state index in [2.05, 4.69) is 161 Å². The van der Waals surface area contributed by atoms with E-state index in [1.165, 1.54) is 25.7 Å². The van der Waals surface area contributed by atoms with E-state index in [0.29, 0.717) is 11.5 Å². The van der Waals surface area contributed by atoms with Crippen molar-refractivity contribution in [2.45, 2.75) is 149 Å². The third-order valence-corrected chi connectivity index (χ3v) is 32.7. The van der Waals surface area contributed by atoms with Crippen LogP contribution >= 0.6 is 0 Å². The Balaban J connectivity index is 0.000000221. The molecule has 0 N–H and O–H groups in total. The third-order valence-electron chi connectivity index (χ3n) is 9.13. The number of allylic oxidation sites excluding steroid dienone is 6. The molecule has 0 saturated heterocycles. The molecule has 0 heterocycles. The van der Waals surface area contributed by atoms with Crippen molar-refractivity contribution < 1.29 is 24.7 Å². The van der Waals surface area contributed by atoms with Crippen molar-refractivity contribution in [2.75, 3.05) is 0 Å². The molecule has 0 aliphatic heterocycles. The standard InChI is InChI=1S/C16H36O3Si4.C11H30O3Si4.C10H12/c1-20(2,3)17-23(18-21(4,5)6,19-22(7,8)9)16-13-14-10-11-15(16)12-14;1-11-18(12-15(2,3)4,13-16(5,6)7)14-17(8,9)10;1-2-9-7-4-5-8(6-7)10(9)3-1/h10-11,14-16H,12-13H2,1-9H3;11H,1H2,2-10H3;1-2,4-5,7-10H,3,6H2. The van der Waals surface area contributed by atoms with Gasteiger partial charge in [-0.1, -0.05) is 36.5 Å². The van der Waals surface area contributed by atoms with Crippen molar-refractivity contribution >= 4 is 67.5 Å². The normalized spacial score (nSPS) is 28.8. The first-order chi connectivity index (χ1) is 22.8. The molecule has 4 bridgehead atoms. The highest BCUT2D eigenvalue weighted by Gasteiger charge is 2.60. The fourth-order valence-corrected chi connectivity index (χ4v) is 36.1. The highest BCUT2D eigenvalue weighted by molar-refractivity contribution is 6.92. The summed E-state index contributed by atoms with van der Waals surface area (Å²) in [5.41, 5.74) is 2.30. The maximum Gasteiger partial charge on any atom is 0.497 e. The van der Waals surface area contributed by atoms with Crippen LogP contribution in [0.1, 0.15) is 25.7 Å². The lowest BCUT2D eigenvalue weighted by Gasteiger charge is -2.47. The van der Waals surface area contributed by atoms with Gasteiger partial charge in [0.05, 0.1) is 0 Å². The highest BCUT2D eigenvalue weighted by Crippen LogP contribution is 2.54. The first-order valence-electron chi connectivity index (χ1n) is 19.7. The van der Waals surface area contributed by atoms with Crippen molar-refractivity contribution in [3.8, 4) is 0 Å². The first kappa shape index (κ1) is 45.8. The second kappa shape index (κ2) is 16.5. The van der Waals surface area contributed by atoms with Crippen molar-refractivity contribution in [3.05, 3.63) is 48.7 Å². The summed E-state index contributed by atoms with van der Waals surface area (Å²) in [5.74, 6) is 5.15. The largest absolute Gasteiger partial charge is 0.497 e. The number of fused-ring (bicyclic) bond motifs is 7.